The lowest BCUT2D eigenvalue weighted by atomic mass is 9.88. The molecule has 0 nitrogen and oxygen atoms in total. The van der Waals surface area contributed by atoms with Crippen LogP contribution >= 0.6 is 0 Å². The molecule has 6 aromatic carbocycles. The van der Waals surface area contributed by atoms with Gasteiger partial charge in [-0.2, -0.15) is 0 Å². The third-order valence-electron chi connectivity index (χ3n) is 7.43. The van der Waals surface area contributed by atoms with Gasteiger partial charge >= 0.3 is 0 Å². The van der Waals surface area contributed by atoms with Crippen LogP contribution < -0.4 is 0 Å². The van der Waals surface area contributed by atoms with Crippen LogP contribution in [0.2, 0.25) is 0 Å². The fourth-order valence-electron chi connectivity index (χ4n) is 5.56. The van der Waals surface area contributed by atoms with E-state index in [1.54, 1.807) is 0 Å². The van der Waals surface area contributed by atoms with Gasteiger partial charge in [-0.3, -0.25) is 0 Å². The van der Waals surface area contributed by atoms with Crippen molar-refractivity contribution in [3.63, 3.8) is 0 Å². The third kappa shape index (κ3) is 5.19. The molecule has 0 saturated carbocycles. The number of benzene rings is 6. The summed E-state index contributed by atoms with van der Waals surface area (Å²) in [4.78, 5) is 0. The molecule has 6 rings (SSSR count). The Morgan fingerprint density at radius 3 is 1.21 bits per heavy atom. The first-order valence-electron chi connectivity index (χ1n) is 13.6. The van der Waals surface area contributed by atoms with Crippen molar-refractivity contribution in [1.82, 2.24) is 0 Å². The maximum atomic E-state index is 2.33. The zero-order valence-corrected chi connectivity index (χ0v) is 22.8. The molecule has 0 N–H and O–H groups in total. The van der Waals surface area contributed by atoms with Gasteiger partial charge in [0.05, 0.1) is 0 Å². The van der Waals surface area contributed by atoms with Gasteiger partial charge in [-0.05, 0) is 88.5 Å². The van der Waals surface area contributed by atoms with Crippen LogP contribution in [0.15, 0.2) is 140 Å². The molecule has 188 valence electrons. The molecule has 0 radical (unpaired) electrons. The van der Waals surface area contributed by atoms with Crippen LogP contribution in [-0.2, 0) is 0 Å². The number of rotatable bonds is 5. The van der Waals surface area contributed by atoms with Crippen molar-refractivity contribution >= 4 is 0 Å². The van der Waals surface area contributed by atoms with Crippen LogP contribution in [0.1, 0.15) is 16.7 Å². The quantitative estimate of drug-likeness (QED) is 0.221. The summed E-state index contributed by atoms with van der Waals surface area (Å²) in [5.74, 6) is 0. The molecule has 0 aliphatic rings. The number of hydrogen-bond donors (Lipinski definition) is 0. The van der Waals surface area contributed by atoms with Crippen LogP contribution in [0.5, 0.6) is 0 Å². The summed E-state index contributed by atoms with van der Waals surface area (Å²) >= 11 is 0. The Hall–Kier alpha value is -4.68. The highest BCUT2D eigenvalue weighted by Gasteiger charge is 2.13. The lowest BCUT2D eigenvalue weighted by Gasteiger charge is -2.16. The molecule has 0 aromatic heterocycles. The van der Waals surface area contributed by atoms with Gasteiger partial charge in [0.1, 0.15) is 0 Å². The fourth-order valence-corrected chi connectivity index (χ4v) is 5.56. The van der Waals surface area contributed by atoms with E-state index in [9.17, 15) is 0 Å². The van der Waals surface area contributed by atoms with Crippen molar-refractivity contribution in [2.45, 2.75) is 20.8 Å². The monoisotopic (exact) mass is 500 g/mol. The molecule has 0 saturated heterocycles. The molecule has 0 unspecified atom stereocenters. The topological polar surface area (TPSA) is 0 Å². The highest BCUT2D eigenvalue weighted by Crippen LogP contribution is 2.40. The van der Waals surface area contributed by atoms with Crippen LogP contribution in [0, 0.1) is 20.8 Å². The van der Waals surface area contributed by atoms with Gasteiger partial charge in [0.25, 0.3) is 0 Å². The van der Waals surface area contributed by atoms with E-state index in [1.165, 1.54) is 72.3 Å². The smallest absolute Gasteiger partial charge is 0.00992 e. The first kappa shape index (κ1) is 24.6. The van der Waals surface area contributed by atoms with Gasteiger partial charge in [0.15, 0.2) is 0 Å². The van der Waals surface area contributed by atoms with Gasteiger partial charge in [0, 0.05) is 0 Å². The number of hydrogen-bond acceptors (Lipinski definition) is 0. The molecule has 0 bridgehead atoms. The maximum Gasteiger partial charge on any atom is -0.00992 e. The lowest BCUT2D eigenvalue weighted by Crippen LogP contribution is -1.90. The highest BCUT2D eigenvalue weighted by molar-refractivity contribution is 5.93. The van der Waals surface area contributed by atoms with Crippen molar-refractivity contribution < 1.29 is 0 Å². The summed E-state index contributed by atoms with van der Waals surface area (Å²) in [6.45, 7) is 6.46. The Morgan fingerprint density at radius 1 is 0.256 bits per heavy atom. The van der Waals surface area contributed by atoms with E-state index in [0.29, 0.717) is 0 Å². The normalized spacial score (nSPS) is 10.9. The van der Waals surface area contributed by atoms with Crippen LogP contribution in [0.25, 0.3) is 55.6 Å². The highest BCUT2D eigenvalue weighted by atomic mass is 14.2. The Balaban J connectivity index is 1.45. The summed E-state index contributed by atoms with van der Waals surface area (Å²) in [7, 11) is 0. The van der Waals surface area contributed by atoms with E-state index < -0.39 is 0 Å². The van der Waals surface area contributed by atoms with Gasteiger partial charge < -0.3 is 0 Å². The molecular weight excluding hydrogens is 468 g/mol. The molecule has 0 aliphatic carbocycles. The summed E-state index contributed by atoms with van der Waals surface area (Å²) in [6.07, 6.45) is 0. The molecule has 0 amide bonds. The Bertz CT molecular complexity index is 1750. The molecule has 0 heteroatoms. The Labute approximate surface area is 232 Å². The summed E-state index contributed by atoms with van der Waals surface area (Å²) < 4.78 is 0. The van der Waals surface area contributed by atoms with Crippen molar-refractivity contribution in [3.8, 4) is 55.6 Å². The molecule has 6 aromatic rings. The van der Waals surface area contributed by atoms with Crippen LogP contribution in [0.3, 0.4) is 0 Å². The third-order valence-corrected chi connectivity index (χ3v) is 7.43. The molecule has 0 atom stereocenters. The van der Waals surface area contributed by atoms with Gasteiger partial charge in [-0.15, -0.1) is 0 Å². The minimum atomic E-state index is 1.22. The SMILES string of the molecule is Cc1ccc(-c2cccc(-c3ccccc3-c3ccccc3-c3cccc(-c4cc(C)cc(C)c4)c3)c2)cc1. The average molecular weight is 501 g/mol. The van der Waals surface area contributed by atoms with Crippen molar-refractivity contribution in [2.75, 3.05) is 0 Å². The van der Waals surface area contributed by atoms with E-state index in [4.69, 9.17) is 0 Å². The summed E-state index contributed by atoms with van der Waals surface area (Å²) in [5.41, 5.74) is 16.3. The van der Waals surface area contributed by atoms with Gasteiger partial charge in [0.2, 0.25) is 0 Å². The van der Waals surface area contributed by atoms with Crippen molar-refractivity contribution in [1.29, 1.82) is 0 Å². The minimum absolute atomic E-state index is 1.22. The van der Waals surface area contributed by atoms with Gasteiger partial charge in [-0.1, -0.05) is 144 Å². The first-order valence-corrected chi connectivity index (χ1v) is 13.6. The van der Waals surface area contributed by atoms with E-state index >= 15 is 0 Å². The van der Waals surface area contributed by atoms with E-state index in [0.717, 1.165) is 0 Å². The average Bonchev–Trinajstić information content (AvgIpc) is 2.97. The molecular formula is C39H32. The predicted molar refractivity (Wildman–Crippen MR) is 168 cm³/mol. The maximum absolute atomic E-state index is 2.33. The zero-order valence-electron chi connectivity index (χ0n) is 22.8. The van der Waals surface area contributed by atoms with E-state index in [-0.39, 0.29) is 0 Å². The largest absolute Gasteiger partial charge is 0.0616 e. The lowest BCUT2D eigenvalue weighted by molar-refractivity contribution is 1.38. The molecule has 39 heavy (non-hydrogen) atoms. The molecule has 0 fully saturated rings. The Morgan fingerprint density at radius 2 is 0.692 bits per heavy atom. The van der Waals surface area contributed by atoms with Crippen LogP contribution in [-0.4, -0.2) is 0 Å². The summed E-state index contributed by atoms with van der Waals surface area (Å²) in [6, 6.07) is 50.9. The van der Waals surface area contributed by atoms with E-state index in [2.05, 4.69) is 160 Å². The van der Waals surface area contributed by atoms with Crippen LogP contribution in [0.4, 0.5) is 0 Å². The standard InChI is InChI=1S/C39H32/c1-27-18-20-30(21-19-27)31-10-8-12-33(25-31)36-14-4-6-16-38(36)39-17-7-5-15-37(39)34-13-9-11-32(26-34)35-23-28(2)22-29(3)24-35/h4-26H,1-3H3. The van der Waals surface area contributed by atoms with Gasteiger partial charge in [-0.25, -0.2) is 0 Å². The molecule has 0 spiro atoms. The first-order chi connectivity index (χ1) is 19.0. The minimum Gasteiger partial charge on any atom is -0.0616 e. The molecule has 0 heterocycles. The zero-order chi connectivity index (χ0) is 26.8. The summed E-state index contributed by atoms with van der Waals surface area (Å²) in [5, 5.41) is 0. The second kappa shape index (κ2) is 10.6. The molecule has 0 aliphatic heterocycles. The van der Waals surface area contributed by atoms with E-state index in [1.807, 2.05) is 0 Å². The van der Waals surface area contributed by atoms with Crippen molar-refractivity contribution in [3.05, 3.63) is 156 Å². The number of aryl methyl sites for hydroxylation is 3. The second-order valence-corrected chi connectivity index (χ2v) is 10.5. The Kier molecular flexibility index (Phi) is 6.69. The fraction of sp³-hybridized carbons (Fsp3) is 0.0769. The van der Waals surface area contributed by atoms with Crippen molar-refractivity contribution in [2.24, 2.45) is 0 Å². The predicted octanol–water partition coefficient (Wildman–Crippen LogP) is 10.9. The second-order valence-electron chi connectivity index (χ2n) is 10.5.